The third-order valence-electron chi connectivity index (χ3n) is 6.58. The number of nitrogens with one attached hydrogen (secondary N) is 1. The van der Waals surface area contributed by atoms with Crippen LogP contribution in [0, 0.1) is 19.8 Å². The molecule has 0 saturated carbocycles. The lowest BCUT2D eigenvalue weighted by Gasteiger charge is -2.30. The number of anilines is 1. The first-order chi connectivity index (χ1) is 18.7. The van der Waals surface area contributed by atoms with E-state index in [-0.39, 0.29) is 35.6 Å². The van der Waals surface area contributed by atoms with Gasteiger partial charge in [0.05, 0.1) is 18.9 Å². The molecule has 2 aromatic carbocycles. The first kappa shape index (κ1) is 28.4. The predicted molar refractivity (Wildman–Crippen MR) is 150 cm³/mol. The van der Waals surface area contributed by atoms with E-state index < -0.39 is 10.0 Å². The normalized spacial score (nSPS) is 15.0. The molecule has 1 saturated heterocycles. The Labute approximate surface area is 229 Å². The van der Waals surface area contributed by atoms with Gasteiger partial charge in [0.1, 0.15) is 17.2 Å². The van der Waals surface area contributed by atoms with Gasteiger partial charge >= 0.3 is 0 Å². The number of hydrogen-bond donors (Lipinski definition) is 1. The summed E-state index contributed by atoms with van der Waals surface area (Å²) in [5, 5.41) is 6.87. The molecular formula is C29H35N3O6S. The van der Waals surface area contributed by atoms with E-state index in [0.717, 1.165) is 11.1 Å². The molecule has 10 heteroatoms. The number of hydrogen-bond acceptors (Lipinski definition) is 7. The minimum atomic E-state index is -3.87. The van der Waals surface area contributed by atoms with Crippen molar-refractivity contribution in [2.45, 2.75) is 45.4 Å². The second-order valence-corrected chi connectivity index (χ2v) is 11.3. The van der Waals surface area contributed by atoms with Crippen molar-refractivity contribution in [3.05, 3.63) is 65.0 Å². The summed E-state index contributed by atoms with van der Waals surface area (Å²) in [5.41, 5.74) is 2.89. The maximum absolute atomic E-state index is 13.6. The van der Waals surface area contributed by atoms with E-state index in [0.29, 0.717) is 48.9 Å². The minimum absolute atomic E-state index is 0.0582. The van der Waals surface area contributed by atoms with Gasteiger partial charge in [-0.05, 0) is 64.3 Å². The van der Waals surface area contributed by atoms with Crippen molar-refractivity contribution in [1.82, 2.24) is 9.46 Å². The van der Waals surface area contributed by atoms with Crippen LogP contribution >= 0.6 is 0 Å². The summed E-state index contributed by atoms with van der Waals surface area (Å²) >= 11 is 0. The third-order valence-corrected chi connectivity index (χ3v) is 8.64. The van der Waals surface area contributed by atoms with Crippen molar-refractivity contribution in [3.8, 4) is 11.5 Å². The van der Waals surface area contributed by atoms with Gasteiger partial charge in [0, 0.05) is 25.1 Å². The SMILES string of the molecule is CCOc1ccc(OCC)c(NC(=O)C2CCN(S(=O)(=O)c3c(C)noc3C=Cc3ccc(C)cc3)CC2)c1. The average Bonchev–Trinajstić information content (AvgIpc) is 3.31. The van der Waals surface area contributed by atoms with Gasteiger partial charge < -0.3 is 19.3 Å². The lowest BCUT2D eigenvalue weighted by Crippen LogP contribution is -2.41. The molecular weight excluding hydrogens is 518 g/mol. The monoisotopic (exact) mass is 553 g/mol. The molecule has 39 heavy (non-hydrogen) atoms. The summed E-state index contributed by atoms with van der Waals surface area (Å²) in [6.45, 7) is 8.77. The highest BCUT2D eigenvalue weighted by molar-refractivity contribution is 7.89. The maximum Gasteiger partial charge on any atom is 0.248 e. The van der Waals surface area contributed by atoms with E-state index in [9.17, 15) is 13.2 Å². The summed E-state index contributed by atoms with van der Waals surface area (Å²) in [5.74, 6) is 0.859. The van der Waals surface area contributed by atoms with Crippen molar-refractivity contribution in [1.29, 1.82) is 0 Å². The number of carbonyl (C=O) groups is 1. The fourth-order valence-corrected chi connectivity index (χ4v) is 6.23. The topological polar surface area (TPSA) is 111 Å². The molecule has 0 spiro atoms. The third kappa shape index (κ3) is 6.69. The number of aromatic nitrogens is 1. The molecule has 0 unspecified atom stereocenters. The van der Waals surface area contributed by atoms with Gasteiger partial charge in [0.25, 0.3) is 0 Å². The van der Waals surface area contributed by atoms with E-state index in [1.165, 1.54) is 4.31 Å². The number of ether oxygens (including phenoxy) is 2. The Balaban J connectivity index is 1.44. The average molecular weight is 554 g/mol. The molecule has 208 valence electrons. The number of benzene rings is 2. The van der Waals surface area contributed by atoms with Crippen LogP contribution in [0.25, 0.3) is 12.2 Å². The van der Waals surface area contributed by atoms with Crippen molar-refractivity contribution >= 4 is 33.8 Å². The molecule has 0 radical (unpaired) electrons. The Bertz CT molecular complexity index is 1420. The van der Waals surface area contributed by atoms with Crippen LogP contribution in [0.4, 0.5) is 5.69 Å². The smallest absolute Gasteiger partial charge is 0.248 e. The minimum Gasteiger partial charge on any atom is -0.494 e. The number of aryl methyl sites for hydroxylation is 2. The van der Waals surface area contributed by atoms with Crippen LogP contribution in [-0.4, -0.2) is 50.1 Å². The summed E-state index contributed by atoms with van der Waals surface area (Å²) in [4.78, 5) is 13.2. The second kappa shape index (κ2) is 12.5. The summed E-state index contributed by atoms with van der Waals surface area (Å²) < 4.78 is 45.2. The molecule has 4 rings (SSSR count). The Morgan fingerprint density at radius 3 is 2.41 bits per heavy atom. The molecule has 0 atom stereocenters. The fourth-order valence-electron chi connectivity index (χ4n) is 4.52. The van der Waals surface area contributed by atoms with E-state index in [1.54, 1.807) is 37.3 Å². The Kier molecular flexibility index (Phi) is 9.08. The van der Waals surface area contributed by atoms with Crippen LogP contribution in [0.1, 0.15) is 49.3 Å². The largest absolute Gasteiger partial charge is 0.494 e. The van der Waals surface area contributed by atoms with Gasteiger partial charge in [-0.25, -0.2) is 8.42 Å². The van der Waals surface area contributed by atoms with Crippen molar-refractivity contribution in [2.75, 3.05) is 31.6 Å². The van der Waals surface area contributed by atoms with Gasteiger partial charge in [-0.1, -0.05) is 41.1 Å². The highest BCUT2D eigenvalue weighted by atomic mass is 32.2. The Morgan fingerprint density at radius 1 is 1.05 bits per heavy atom. The zero-order valence-electron chi connectivity index (χ0n) is 22.8. The number of sulfonamides is 1. The lowest BCUT2D eigenvalue weighted by atomic mass is 9.97. The summed E-state index contributed by atoms with van der Waals surface area (Å²) in [6, 6.07) is 13.2. The van der Waals surface area contributed by atoms with Crippen LogP contribution in [0.3, 0.4) is 0 Å². The van der Waals surface area contributed by atoms with Crippen LogP contribution in [0.15, 0.2) is 51.9 Å². The van der Waals surface area contributed by atoms with E-state index >= 15 is 0 Å². The molecule has 0 aliphatic carbocycles. The number of carbonyl (C=O) groups excluding carboxylic acids is 1. The number of amides is 1. The van der Waals surface area contributed by atoms with Crippen LogP contribution in [0.2, 0.25) is 0 Å². The molecule has 2 heterocycles. The molecule has 1 amide bonds. The van der Waals surface area contributed by atoms with Crippen molar-refractivity contribution < 1.29 is 27.2 Å². The van der Waals surface area contributed by atoms with Gasteiger partial charge in [-0.15, -0.1) is 0 Å². The first-order valence-electron chi connectivity index (χ1n) is 13.1. The van der Waals surface area contributed by atoms with Crippen LogP contribution in [-0.2, 0) is 14.8 Å². The summed E-state index contributed by atoms with van der Waals surface area (Å²) in [7, 11) is -3.87. The second-order valence-electron chi connectivity index (χ2n) is 9.40. The Hall–Kier alpha value is -3.63. The quantitative estimate of drug-likeness (QED) is 0.363. The molecule has 1 aromatic heterocycles. The van der Waals surface area contributed by atoms with E-state index in [1.807, 2.05) is 45.0 Å². The molecule has 1 aliphatic heterocycles. The van der Waals surface area contributed by atoms with E-state index in [2.05, 4.69) is 10.5 Å². The molecule has 3 aromatic rings. The van der Waals surface area contributed by atoms with Gasteiger partial charge in [-0.3, -0.25) is 4.79 Å². The molecule has 1 N–H and O–H groups in total. The molecule has 0 bridgehead atoms. The van der Waals surface area contributed by atoms with Crippen LogP contribution < -0.4 is 14.8 Å². The van der Waals surface area contributed by atoms with Gasteiger partial charge in [-0.2, -0.15) is 4.31 Å². The number of rotatable bonds is 10. The lowest BCUT2D eigenvalue weighted by molar-refractivity contribution is -0.120. The first-order valence-corrected chi connectivity index (χ1v) is 14.6. The Morgan fingerprint density at radius 2 is 1.74 bits per heavy atom. The standard InChI is InChI=1S/C29H35N3O6S/c1-5-36-24-12-14-26(37-6-2)25(19-24)30-29(33)23-15-17-32(18-16-23)39(34,35)28-21(4)31-38-27(28)13-11-22-9-7-20(3)8-10-22/h7-14,19,23H,5-6,15-18H2,1-4H3,(H,30,33). The highest BCUT2D eigenvalue weighted by Crippen LogP contribution is 2.32. The zero-order valence-corrected chi connectivity index (χ0v) is 23.6. The zero-order chi connectivity index (χ0) is 28.0. The van der Waals surface area contributed by atoms with Crippen molar-refractivity contribution in [3.63, 3.8) is 0 Å². The van der Waals surface area contributed by atoms with Gasteiger partial charge in [0.2, 0.25) is 15.9 Å². The molecule has 1 aliphatic rings. The fraction of sp³-hybridized carbons (Fsp3) is 0.379. The van der Waals surface area contributed by atoms with Crippen molar-refractivity contribution in [2.24, 2.45) is 5.92 Å². The number of nitrogens with zero attached hydrogens (tertiary/aromatic N) is 2. The van der Waals surface area contributed by atoms with Crippen LogP contribution in [0.5, 0.6) is 11.5 Å². The van der Waals surface area contributed by atoms with Gasteiger partial charge in [0.15, 0.2) is 10.7 Å². The summed E-state index contributed by atoms with van der Waals surface area (Å²) in [6.07, 6.45) is 4.20. The molecule has 9 nitrogen and oxygen atoms in total. The highest BCUT2D eigenvalue weighted by Gasteiger charge is 2.36. The predicted octanol–water partition coefficient (Wildman–Crippen LogP) is 5.30. The maximum atomic E-state index is 13.6. The number of piperidine rings is 1. The molecule has 1 fully saturated rings. The van der Waals surface area contributed by atoms with E-state index in [4.69, 9.17) is 14.0 Å².